The predicted octanol–water partition coefficient (Wildman–Crippen LogP) is 0.791. The highest BCUT2D eigenvalue weighted by molar-refractivity contribution is 5.99. The van der Waals surface area contributed by atoms with E-state index in [9.17, 15) is 9.18 Å². The van der Waals surface area contributed by atoms with Gasteiger partial charge in [-0.3, -0.25) is 9.69 Å². The number of nitrogens with two attached hydrogens (primary N) is 2. The van der Waals surface area contributed by atoms with E-state index >= 15 is 0 Å². The van der Waals surface area contributed by atoms with E-state index in [1.54, 1.807) is 0 Å². The molecule has 2 aliphatic rings. The van der Waals surface area contributed by atoms with Gasteiger partial charge in [-0.1, -0.05) is 0 Å². The minimum absolute atomic E-state index is 0.0956. The lowest BCUT2D eigenvalue weighted by Crippen LogP contribution is -2.50. The van der Waals surface area contributed by atoms with Gasteiger partial charge in [0, 0.05) is 31.4 Å². The summed E-state index contributed by atoms with van der Waals surface area (Å²) >= 11 is 0. The number of benzene rings is 1. The van der Waals surface area contributed by atoms with Gasteiger partial charge in [0.05, 0.1) is 11.3 Å². The lowest BCUT2D eigenvalue weighted by molar-refractivity contribution is 0.100. The first kappa shape index (κ1) is 13.2. The van der Waals surface area contributed by atoms with Crippen molar-refractivity contribution in [2.45, 2.75) is 18.9 Å². The Labute approximate surface area is 117 Å². The molecule has 3 rings (SSSR count). The maximum atomic E-state index is 14.1. The molecule has 0 bridgehead atoms. The van der Waals surface area contributed by atoms with Gasteiger partial charge in [-0.25, -0.2) is 4.39 Å². The van der Waals surface area contributed by atoms with Crippen molar-refractivity contribution in [2.24, 2.45) is 5.73 Å². The molecule has 2 fully saturated rings. The second kappa shape index (κ2) is 4.94. The smallest absolute Gasteiger partial charge is 0.250 e. The van der Waals surface area contributed by atoms with Crippen LogP contribution >= 0.6 is 0 Å². The van der Waals surface area contributed by atoms with Crippen LogP contribution in [-0.2, 0) is 0 Å². The zero-order valence-corrected chi connectivity index (χ0v) is 11.3. The first-order valence-electron chi connectivity index (χ1n) is 6.94. The number of carbonyl (C=O) groups excluding carboxylic acids is 1. The molecule has 0 aromatic heterocycles. The Morgan fingerprint density at radius 2 is 2.10 bits per heavy atom. The van der Waals surface area contributed by atoms with Crippen molar-refractivity contribution in [2.75, 3.05) is 36.8 Å². The average Bonchev–Trinajstić information content (AvgIpc) is 2.85. The van der Waals surface area contributed by atoms with Gasteiger partial charge in [-0.2, -0.15) is 0 Å². The molecule has 2 aliphatic heterocycles. The minimum atomic E-state index is -0.622. The Morgan fingerprint density at radius 3 is 2.85 bits per heavy atom. The van der Waals surface area contributed by atoms with Crippen LogP contribution in [-0.4, -0.2) is 43.0 Å². The lowest BCUT2D eigenvalue weighted by atomic mass is 10.1. The van der Waals surface area contributed by atoms with E-state index in [0.29, 0.717) is 11.7 Å². The number of hydrogen-bond donors (Lipinski definition) is 2. The molecular weight excluding hydrogens is 259 g/mol. The first-order chi connectivity index (χ1) is 9.56. The van der Waals surface area contributed by atoms with E-state index in [2.05, 4.69) is 4.90 Å². The first-order valence-corrected chi connectivity index (χ1v) is 6.94. The molecule has 1 aromatic carbocycles. The minimum Gasteiger partial charge on any atom is -0.398 e. The normalized spacial score (nSPS) is 22.9. The molecule has 1 atom stereocenters. The molecule has 0 saturated carbocycles. The van der Waals surface area contributed by atoms with Crippen LogP contribution in [0.3, 0.4) is 0 Å². The van der Waals surface area contributed by atoms with E-state index in [-0.39, 0.29) is 17.1 Å². The SMILES string of the molecule is NC(=O)c1cc(N2CCN3CCCC3C2)c(F)cc1N. The summed E-state index contributed by atoms with van der Waals surface area (Å²) in [5.41, 5.74) is 11.6. The van der Waals surface area contributed by atoms with Crippen LogP contribution in [0.4, 0.5) is 15.8 Å². The summed E-state index contributed by atoms with van der Waals surface area (Å²) in [5, 5.41) is 0. The van der Waals surface area contributed by atoms with E-state index in [0.717, 1.165) is 32.6 Å². The molecule has 0 radical (unpaired) electrons. The topological polar surface area (TPSA) is 75.6 Å². The van der Waals surface area contributed by atoms with Crippen molar-refractivity contribution < 1.29 is 9.18 Å². The second-order valence-electron chi connectivity index (χ2n) is 5.53. The Bertz CT molecular complexity index is 548. The maximum Gasteiger partial charge on any atom is 0.250 e. The molecule has 5 nitrogen and oxygen atoms in total. The molecule has 108 valence electrons. The third-order valence-corrected chi connectivity index (χ3v) is 4.31. The fraction of sp³-hybridized carbons (Fsp3) is 0.500. The van der Waals surface area contributed by atoms with Gasteiger partial charge in [-0.05, 0) is 31.5 Å². The number of amides is 1. The van der Waals surface area contributed by atoms with Crippen LogP contribution in [0.5, 0.6) is 0 Å². The Kier molecular flexibility index (Phi) is 3.25. The number of anilines is 2. The zero-order chi connectivity index (χ0) is 14.3. The Morgan fingerprint density at radius 1 is 1.30 bits per heavy atom. The highest BCUT2D eigenvalue weighted by atomic mass is 19.1. The third kappa shape index (κ3) is 2.20. The predicted molar refractivity (Wildman–Crippen MR) is 76.1 cm³/mol. The molecule has 2 heterocycles. The highest BCUT2D eigenvalue weighted by Crippen LogP contribution is 2.29. The molecular formula is C14H19FN4O. The lowest BCUT2D eigenvalue weighted by Gasteiger charge is -2.39. The Balaban J connectivity index is 1.89. The molecule has 1 amide bonds. The van der Waals surface area contributed by atoms with Crippen molar-refractivity contribution in [3.05, 3.63) is 23.5 Å². The summed E-state index contributed by atoms with van der Waals surface area (Å²) in [7, 11) is 0. The van der Waals surface area contributed by atoms with Crippen molar-refractivity contribution in [3.63, 3.8) is 0 Å². The quantitative estimate of drug-likeness (QED) is 0.784. The van der Waals surface area contributed by atoms with Crippen molar-refractivity contribution in [1.29, 1.82) is 0 Å². The summed E-state index contributed by atoms with van der Waals surface area (Å²) in [5.74, 6) is -1.01. The van der Waals surface area contributed by atoms with E-state index < -0.39 is 5.91 Å². The number of piperazine rings is 1. The average molecular weight is 278 g/mol. The monoisotopic (exact) mass is 278 g/mol. The third-order valence-electron chi connectivity index (χ3n) is 4.31. The molecule has 0 spiro atoms. The molecule has 20 heavy (non-hydrogen) atoms. The zero-order valence-electron chi connectivity index (χ0n) is 11.3. The second-order valence-corrected chi connectivity index (χ2v) is 5.53. The number of fused-ring (bicyclic) bond motifs is 1. The van der Waals surface area contributed by atoms with Crippen LogP contribution in [0.2, 0.25) is 0 Å². The number of carbonyl (C=O) groups is 1. The van der Waals surface area contributed by atoms with Crippen LogP contribution in [0, 0.1) is 5.82 Å². The van der Waals surface area contributed by atoms with Gasteiger partial charge in [0.1, 0.15) is 5.82 Å². The van der Waals surface area contributed by atoms with Crippen molar-refractivity contribution >= 4 is 17.3 Å². The van der Waals surface area contributed by atoms with Crippen LogP contribution in [0.1, 0.15) is 23.2 Å². The largest absolute Gasteiger partial charge is 0.398 e. The van der Waals surface area contributed by atoms with Crippen LogP contribution in [0.15, 0.2) is 12.1 Å². The van der Waals surface area contributed by atoms with E-state index in [1.807, 2.05) is 4.90 Å². The summed E-state index contributed by atoms with van der Waals surface area (Å²) in [6.45, 7) is 3.62. The summed E-state index contributed by atoms with van der Waals surface area (Å²) < 4.78 is 14.1. The molecule has 6 heteroatoms. The number of primary amides is 1. The van der Waals surface area contributed by atoms with Gasteiger partial charge in [0.15, 0.2) is 0 Å². The molecule has 0 aliphatic carbocycles. The number of nitrogen functional groups attached to an aromatic ring is 1. The summed E-state index contributed by atoms with van der Waals surface area (Å²) in [6.07, 6.45) is 2.35. The van der Waals surface area contributed by atoms with Crippen LogP contribution in [0.25, 0.3) is 0 Å². The maximum absolute atomic E-state index is 14.1. The van der Waals surface area contributed by atoms with E-state index in [1.165, 1.54) is 18.6 Å². The van der Waals surface area contributed by atoms with Crippen molar-refractivity contribution in [3.8, 4) is 0 Å². The number of rotatable bonds is 2. The molecule has 1 aromatic rings. The highest BCUT2D eigenvalue weighted by Gasteiger charge is 2.31. The molecule has 1 unspecified atom stereocenters. The molecule has 2 saturated heterocycles. The standard InChI is InChI=1S/C14H19FN4O/c15-11-7-12(16)10(14(17)20)6-13(11)19-5-4-18-3-1-2-9(18)8-19/h6-7,9H,1-5,8,16H2,(H2,17,20). The van der Waals surface area contributed by atoms with Gasteiger partial charge in [0.25, 0.3) is 5.91 Å². The Hall–Kier alpha value is -1.82. The summed E-state index contributed by atoms with van der Waals surface area (Å²) in [4.78, 5) is 15.8. The number of halogens is 1. The van der Waals surface area contributed by atoms with Gasteiger partial charge in [-0.15, -0.1) is 0 Å². The van der Waals surface area contributed by atoms with E-state index in [4.69, 9.17) is 11.5 Å². The van der Waals surface area contributed by atoms with Crippen molar-refractivity contribution in [1.82, 2.24) is 4.90 Å². The van der Waals surface area contributed by atoms with Gasteiger partial charge in [0.2, 0.25) is 0 Å². The van der Waals surface area contributed by atoms with Crippen LogP contribution < -0.4 is 16.4 Å². The molecule has 4 N–H and O–H groups in total. The van der Waals surface area contributed by atoms with Gasteiger partial charge < -0.3 is 16.4 Å². The number of hydrogen-bond acceptors (Lipinski definition) is 4. The number of nitrogens with zero attached hydrogens (tertiary/aromatic N) is 2. The summed E-state index contributed by atoms with van der Waals surface area (Å²) in [6, 6.07) is 3.16. The fourth-order valence-electron chi connectivity index (χ4n) is 3.24. The fourth-order valence-corrected chi connectivity index (χ4v) is 3.24. The van der Waals surface area contributed by atoms with Gasteiger partial charge >= 0.3 is 0 Å².